The number of carboxylic acids is 1. The van der Waals surface area contributed by atoms with Gasteiger partial charge in [-0.2, -0.15) is 11.3 Å². The minimum Gasteiger partial charge on any atom is -0.481 e. The first-order valence-corrected chi connectivity index (χ1v) is 4.93. The average molecular weight is 205 g/mol. The first kappa shape index (κ1) is 9.55. The van der Waals surface area contributed by atoms with Crippen molar-refractivity contribution >= 4 is 28.9 Å². The molecule has 0 saturated heterocycles. The van der Waals surface area contributed by atoms with E-state index in [1.807, 2.05) is 6.92 Å². The van der Waals surface area contributed by atoms with Gasteiger partial charge in [0, 0.05) is 5.38 Å². The summed E-state index contributed by atoms with van der Waals surface area (Å²) >= 11 is 7.24. The summed E-state index contributed by atoms with van der Waals surface area (Å²) in [6.07, 6.45) is 0.575. The van der Waals surface area contributed by atoms with Crippen molar-refractivity contribution in [1.82, 2.24) is 0 Å². The molecule has 0 aliphatic rings. The molecule has 0 bridgehead atoms. The van der Waals surface area contributed by atoms with Crippen molar-refractivity contribution in [2.24, 2.45) is 0 Å². The van der Waals surface area contributed by atoms with Gasteiger partial charge in [0.25, 0.3) is 0 Å². The van der Waals surface area contributed by atoms with Gasteiger partial charge in [0.05, 0.1) is 10.9 Å². The number of hydrogen-bond donors (Lipinski definition) is 1. The van der Waals surface area contributed by atoms with Crippen LogP contribution >= 0.6 is 22.9 Å². The lowest BCUT2D eigenvalue weighted by atomic mass is 10.00. The summed E-state index contributed by atoms with van der Waals surface area (Å²) in [6.45, 7) is 1.84. The molecule has 0 aliphatic heterocycles. The highest BCUT2D eigenvalue weighted by Gasteiger charge is 2.20. The van der Waals surface area contributed by atoms with Crippen LogP contribution in [0.15, 0.2) is 10.8 Å². The molecule has 0 amide bonds. The standard InChI is InChI=1S/C8H9ClO2S/c1-2-5(8(10)11)6-3-12-4-7(6)9/h3-5H,2H2,1H3,(H,10,11). The van der Waals surface area contributed by atoms with Gasteiger partial charge in [0.15, 0.2) is 0 Å². The van der Waals surface area contributed by atoms with Crippen molar-refractivity contribution in [2.75, 3.05) is 0 Å². The monoisotopic (exact) mass is 204 g/mol. The third kappa shape index (κ3) is 1.79. The molecule has 1 heterocycles. The first-order valence-electron chi connectivity index (χ1n) is 3.61. The number of halogens is 1. The fraction of sp³-hybridized carbons (Fsp3) is 0.375. The molecule has 1 N–H and O–H groups in total. The summed E-state index contributed by atoms with van der Waals surface area (Å²) < 4.78 is 0. The Morgan fingerprint density at radius 2 is 2.42 bits per heavy atom. The number of carboxylic acid groups (broad SMARTS) is 1. The lowest BCUT2D eigenvalue weighted by Gasteiger charge is -2.07. The molecule has 2 nitrogen and oxygen atoms in total. The van der Waals surface area contributed by atoms with Crippen molar-refractivity contribution < 1.29 is 9.90 Å². The van der Waals surface area contributed by atoms with E-state index in [1.165, 1.54) is 11.3 Å². The van der Waals surface area contributed by atoms with Crippen molar-refractivity contribution in [3.05, 3.63) is 21.3 Å². The molecular formula is C8H9ClO2S. The van der Waals surface area contributed by atoms with Crippen LogP contribution in [-0.4, -0.2) is 11.1 Å². The third-order valence-corrected chi connectivity index (χ3v) is 2.94. The third-order valence-electron chi connectivity index (χ3n) is 1.72. The molecule has 12 heavy (non-hydrogen) atoms. The predicted molar refractivity (Wildman–Crippen MR) is 50.0 cm³/mol. The maximum atomic E-state index is 10.7. The smallest absolute Gasteiger partial charge is 0.311 e. The Morgan fingerprint density at radius 1 is 1.75 bits per heavy atom. The maximum absolute atomic E-state index is 10.7. The molecule has 4 heteroatoms. The fourth-order valence-electron chi connectivity index (χ4n) is 1.07. The summed E-state index contributed by atoms with van der Waals surface area (Å²) in [5.41, 5.74) is 0.733. The molecule has 0 radical (unpaired) electrons. The molecule has 0 saturated carbocycles. The van der Waals surface area contributed by atoms with Gasteiger partial charge >= 0.3 is 5.97 Å². The van der Waals surface area contributed by atoms with E-state index in [1.54, 1.807) is 10.8 Å². The van der Waals surface area contributed by atoms with E-state index in [9.17, 15) is 4.79 Å². The van der Waals surface area contributed by atoms with Gasteiger partial charge < -0.3 is 5.11 Å². The fourth-order valence-corrected chi connectivity index (χ4v) is 2.23. The lowest BCUT2D eigenvalue weighted by Crippen LogP contribution is -2.09. The lowest BCUT2D eigenvalue weighted by molar-refractivity contribution is -0.138. The van der Waals surface area contributed by atoms with E-state index in [0.717, 1.165) is 5.56 Å². The number of aliphatic carboxylic acids is 1. The zero-order valence-corrected chi connectivity index (χ0v) is 8.15. The molecule has 66 valence electrons. The molecule has 0 fully saturated rings. The Morgan fingerprint density at radius 3 is 2.75 bits per heavy atom. The van der Waals surface area contributed by atoms with Gasteiger partial charge in [-0.05, 0) is 17.4 Å². The summed E-state index contributed by atoms with van der Waals surface area (Å²) in [5.74, 6) is -1.26. The second-order valence-corrected chi connectivity index (χ2v) is 3.62. The zero-order chi connectivity index (χ0) is 9.14. The highest BCUT2D eigenvalue weighted by molar-refractivity contribution is 7.08. The number of rotatable bonds is 3. The minimum absolute atomic E-state index is 0.455. The van der Waals surface area contributed by atoms with Crippen LogP contribution in [0.5, 0.6) is 0 Å². The first-order chi connectivity index (χ1) is 5.66. The number of thiophene rings is 1. The Hall–Kier alpha value is -0.540. The van der Waals surface area contributed by atoms with Gasteiger partial charge in [-0.25, -0.2) is 0 Å². The van der Waals surface area contributed by atoms with E-state index in [2.05, 4.69) is 0 Å². The average Bonchev–Trinajstić information content (AvgIpc) is 2.38. The van der Waals surface area contributed by atoms with Crippen LogP contribution in [-0.2, 0) is 4.79 Å². The van der Waals surface area contributed by atoms with Crippen LogP contribution in [0.1, 0.15) is 24.8 Å². The number of hydrogen-bond acceptors (Lipinski definition) is 2. The van der Waals surface area contributed by atoms with Crippen LogP contribution in [0.4, 0.5) is 0 Å². The molecular weight excluding hydrogens is 196 g/mol. The number of carbonyl (C=O) groups is 1. The molecule has 1 aromatic rings. The van der Waals surface area contributed by atoms with E-state index >= 15 is 0 Å². The summed E-state index contributed by atoms with van der Waals surface area (Å²) in [6, 6.07) is 0. The summed E-state index contributed by atoms with van der Waals surface area (Å²) in [7, 11) is 0. The van der Waals surface area contributed by atoms with Crippen molar-refractivity contribution in [2.45, 2.75) is 19.3 Å². The van der Waals surface area contributed by atoms with Gasteiger partial charge in [0.2, 0.25) is 0 Å². The van der Waals surface area contributed by atoms with Crippen molar-refractivity contribution in [3.8, 4) is 0 Å². The minimum atomic E-state index is -0.808. The zero-order valence-electron chi connectivity index (χ0n) is 6.58. The van der Waals surface area contributed by atoms with E-state index in [-0.39, 0.29) is 0 Å². The van der Waals surface area contributed by atoms with Gasteiger partial charge in [0.1, 0.15) is 0 Å². The quantitative estimate of drug-likeness (QED) is 0.822. The van der Waals surface area contributed by atoms with Crippen LogP contribution in [0, 0.1) is 0 Å². The molecule has 1 unspecified atom stereocenters. The second-order valence-electron chi connectivity index (χ2n) is 2.47. The molecule has 1 atom stereocenters. The van der Waals surface area contributed by atoms with E-state index in [0.29, 0.717) is 11.4 Å². The Labute approximate surface area is 79.8 Å². The van der Waals surface area contributed by atoms with Crippen LogP contribution in [0.3, 0.4) is 0 Å². The second kappa shape index (κ2) is 3.92. The molecule has 0 spiro atoms. The largest absolute Gasteiger partial charge is 0.481 e. The van der Waals surface area contributed by atoms with Gasteiger partial charge in [-0.3, -0.25) is 4.79 Å². The van der Waals surface area contributed by atoms with Crippen molar-refractivity contribution in [1.29, 1.82) is 0 Å². The van der Waals surface area contributed by atoms with Crippen LogP contribution in [0.25, 0.3) is 0 Å². The molecule has 1 rings (SSSR count). The van der Waals surface area contributed by atoms with Gasteiger partial charge in [-0.1, -0.05) is 18.5 Å². The van der Waals surface area contributed by atoms with E-state index < -0.39 is 11.9 Å². The summed E-state index contributed by atoms with van der Waals surface area (Å²) in [5, 5.41) is 12.9. The van der Waals surface area contributed by atoms with Gasteiger partial charge in [-0.15, -0.1) is 0 Å². The van der Waals surface area contributed by atoms with Crippen LogP contribution < -0.4 is 0 Å². The Bertz CT molecular complexity index is 282. The normalized spacial score (nSPS) is 12.8. The maximum Gasteiger partial charge on any atom is 0.311 e. The summed E-state index contributed by atoms with van der Waals surface area (Å²) in [4.78, 5) is 10.7. The Balaban J connectivity index is 2.94. The molecule has 0 aromatic carbocycles. The SMILES string of the molecule is CCC(C(=O)O)c1cscc1Cl. The van der Waals surface area contributed by atoms with E-state index in [4.69, 9.17) is 16.7 Å². The highest BCUT2D eigenvalue weighted by Crippen LogP contribution is 2.30. The highest BCUT2D eigenvalue weighted by atomic mass is 35.5. The van der Waals surface area contributed by atoms with Crippen molar-refractivity contribution in [3.63, 3.8) is 0 Å². The molecule has 1 aromatic heterocycles. The Kier molecular flexibility index (Phi) is 3.12. The van der Waals surface area contributed by atoms with Crippen LogP contribution in [0.2, 0.25) is 5.02 Å². The predicted octanol–water partition coefficient (Wildman–Crippen LogP) is 2.98. The topological polar surface area (TPSA) is 37.3 Å². The molecule has 0 aliphatic carbocycles.